The van der Waals surface area contributed by atoms with Crippen molar-refractivity contribution in [2.75, 3.05) is 13.2 Å². The lowest BCUT2D eigenvalue weighted by Gasteiger charge is -2.72. The smallest absolute Gasteiger partial charge is 0.395 e. The number of hydrogen-bond acceptors (Lipinski definition) is 13. The number of fused-ring (bicyclic) bond motifs is 7. The minimum atomic E-state index is -5.15. The molecule has 20 unspecified atom stereocenters. The molecule has 5 aliphatic carbocycles. The zero-order chi connectivity index (χ0) is 41.8. The molecule has 0 spiro atoms. The molecule has 6 fully saturated rings. The van der Waals surface area contributed by atoms with Crippen molar-refractivity contribution in [3.05, 3.63) is 11.6 Å². The summed E-state index contributed by atoms with van der Waals surface area (Å²) < 4.78 is 63.3. The molecule has 0 bridgehead atoms. The Kier molecular flexibility index (Phi) is 11.8. The Morgan fingerprint density at radius 3 is 2.12 bits per heavy atom. The maximum absolute atomic E-state index is 12.2. The van der Waals surface area contributed by atoms with Crippen LogP contribution in [0.4, 0.5) is 0 Å². The van der Waals surface area contributed by atoms with E-state index in [0.717, 1.165) is 38.5 Å². The Morgan fingerprint density at radius 1 is 0.772 bits per heavy atom. The van der Waals surface area contributed by atoms with E-state index in [9.17, 15) is 43.6 Å². The molecule has 0 aromatic heterocycles. The molecule has 2 heterocycles. The molecule has 7 N–H and O–H groups in total. The topological polar surface area (TPSA) is 222 Å². The van der Waals surface area contributed by atoms with Crippen LogP contribution in [0.3, 0.4) is 0 Å². The van der Waals surface area contributed by atoms with Crippen LogP contribution in [0.5, 0.6) is 0 Å². The van der Waals surface area contributed by atoms with Gasteiger partial charge in [0, 0.05) is 5.41 Å². The average Bonchev–Trinajstić information content (AvgIpc) is 3.13. The first-order valence-electron chi connectivity index (χ1n) is 21.4. The summed E-state index contributed by atoms with van der Waals surface area (Å²) in [4.78, 5) is 0. The van der Waals surface area contributed by atoms with Crippen LogP contribution in [0.25, 0.3) is 0 Å². The third-order valence-electron chi connectivity index (χ3n) is 17.7. The van der Waals surface area contributed by atoms with Gasteiger partial charge in [0.15, 0.2) is 18.7 Å². The number of rotatable bonds is 8. The highest BCUT2D eigenvalue weighted by Gasteiger charge is 2.70. The minimum Gasteiger partial charge on any atom is -0.395 e. The lowest BCUT2D eigenvalue weighted by Crippen LogP contribution is -2.67. The summed E-state index contributed by atoms with van der Waals surface area (Å²) in [5.74, 6) is 2.20. The van der Waals surface area contributed by atoms with Crippen molar-refractivity contribution < 1.29 is 66.7 Å². The van der Waals surface area contributed by atoms with Crippen molar-refractivity contribution in [2.24, 2.45) is 56.7 Å². The van der Waals surface area contributed by atoms with Gasteiger partial charge in [0.2, 0.25) is 0 Å². The normalized spacial score (nSPS) is 53.8. The van der Waals surface area contributed by atoms with Gasteiger partial charge in [-0.2, -0.15) is 8.42 Å². The third kappa shape index (κ3) is 6.93. The van der Waals surface area contributed by atoms with Gasteiger partial charge in [-0.05, 0) is 116 Å². The van der Waals surface area contributed by atoms with Gasteiger partial charge < -0.3 is 49.6 Å². The third-order valence-corrected chi connectivity index (χ3v) is 18.2. The summed E-state index contributed by atoms with van der Waals surface area (Å²) in [5.41, 5.74) is 0.866. The number of aliphatic hydroxyl groups is 6. The zero-order valence-corrected chi connectivity index (χ0v) is 35.8. The summed E-state index contributed by atoms with van der Waals surface area (Å²) in [7, 11) is -5.15. The second kappa shape index (κ2) is 15.2. The van der Waals surface area contributed by atoms with E-state index in [1.807, 2.05) is 0 Å². The Balaban J connectivity index is 1.13. The molecule has 15 heteroatoms. The summed E-state index contributed by atoms with van der Waals surface area (Å²) in [6.45, 7) is 17.6. The molecule has 7 rings (SSSR count). The molecule has 2 aliphatic heterocycles. The van der Waals surface area contributed by atoms with Gasteiger partial charge in [-0.15, -0.1) is 0 Å². The van der Waals surface area contributed by atoms with E-state index in [-0.39, 0.29) is 34.2 Å². The van der Waals surface area contributed by atoms with Gasteiger partial charge in [0.25, 0.3) is 0 Å². The van der Waals surface area contributed by atoms with E-state index >= 15 is 0 Å². The maximum atomic E-state index is 12.2. The van der Waals surface area contributed by atoms with Crippen LogP contribution in [-0.4, -0.2) is 124 Å². The van der Waals surface area contributed by atoms with Crippen molar-refractivity contribution in [3.63, 3.8) is 0 Å². The van der Waals surface area contributed by atoms with E-state index in [4.69, 9.17) is 23.1 Å². The van der Waals surface area contributed by atoms with Crippen LogP contribution >= 0.6 is 0 Å². The standard InChI is InChI=1S/C42H70O14S/c1-21-11-14-39(6)17-18-42(20-44)24(29(39)22(21)2)9-10-27-40(7)15-13-28(38(4,5)26(40)12-16-41(27,42)8)54-37-35(56-57(49,50)51)33(48)34(23(3)52-37)55-36-32(47)31(46)30(45)25(19-43)53-36/h9,21-23,25-37,43-48H,10-20H2,1-8H3,(H,49,50,51). The molecular weight excluding hydrogens is 761 g/mol. The number of ether oxygens (including phenoxy) is 4. The summed E-state index contributed by atoms with van der Waals surface area (Å²) in [5, 5.41) is 63.9. The number of hydrogen-bond donors (Lipinski definition) is 7. The van der Waals surface area contributed by atoms with E-state index < -0.39 is 89.9 Å². The number of aliphatic hydroxyl groups excluding tert-OH is 6. The summed E-state index contributed by atoms with van der Waals surface area (Å²) in [6, 6.07) is 0. The first-order chi connectivity index (χ1) is 26.5. The predicted molar refractivity (Wildman–Crippen MR) is 206 cm³/mol. The molecule has 2 saturated heterocycles. The van der Waals surface area contributed by atoms with Gasteiger partial charge in [-0.25, -0.2) is 4.18 Å². The highest BCUT2D eigenvalue weighted by atomic mass is 32.3. The van der Waals surface area contributed by atoms with Gasteiger partial charge >= 0.3 is 10.4 Å². The van der Waals surface area contributed by atoms with Crippen molar-refractivity contribution in [3.8, 4) is 0 Å². The highest BCUT2D eigenvalue weighted by molar-refractivity contribution is 7.80. The molecule has 4 saturated carbocycles. The lowest BCUT2D eigenvalue weighted by atomic mass is 9.33. The van der Waals surface area contributed by atoms with Crippen LogP contribution in [0, 0.1) is 56.7 Å². The maximum Gasteiger partial charge on any atom is 0.397 e. The average molecular weight is 831 g/mol. The Hall–Kier alpha value is -0.790. The largest absolute Gasteiger partial charge is 0.397 e. The fourth-order valence-corrected chi connectivity index (χ4v) is 14.7. The quantitative estimate of drug-likeness (QED) is 0.106. The molecule has 20 atom stereocenters. The van der Waals surface area contributed by atoms with Gasteiger partial charge in [0.05, 0.1) is 25.4 Å². The molecule has 328 valence electrons. The SMILES string of the molecule is CC1CCC2(C)CCC3(CO)C(=CCC4C5(C)CCC(OC6OC(C)C(OC7OC(CO)C(O)C(O)C7O)C(O)C6OS(=O)(=O)O)C(C)(C)C5CCC43C)C2C1C. The molecule has 0 aromatic rings. The van der Waals surface area contributed by atoms with Crippen molar-refractivity contribution in [2.45, 2.75) is 181 Å². The monoisotopic (exact) mass is 830 g/mol. The van der Waals surface area contributed by atoms with Crippen LogP contribution in [-0.2, 0) is 33.5 Å². The molecule has 0 amide bonds. The van der Waals surface area contributed by atoms with Crippen LogP contribution in [0.1, 0.15) is 113 Å². The number of allylic oxidation sites excluding steroid dienone is 1. The van der Waals surface area contributed by atoms with Gasteiger partial charge in [-0.3, -0.25) is 4.55 Å². The van der Waals surface area contributed by atoms with Gasteiger partial charge in [-0.1, -0.05) is 60.1 Å². The van der Waals surface area contributed by atoms with Crippen LogP contribution in [0.15, 0.2) is 11.6 Å². The molecule has 14 nitrogen and oxygen atoms in total. The fraction of sp³-hybridized carbons (Fsp3) is 0.952. The highest BCUT2D eigenvalue weighted by Crippen LogP contribution is 2.76. The first-order valence-corrected chi connectivity index (χ1v) is 22.8. The fourth-order valence-electron chi connectivity index (χ4n) is 14.3. The molecule has 0 radical (unpaired) electrons. The first kappa shape index (κ1) is 44.3. The van der Waals surface area contributed by atoms with Crippen LogP contribution < -0.4 is 0 Å². The van der Waals surface area contributed by atoms with Gasteiger partial charge in [0.1, 0.15) is 36.6 Å². The Labute approximate surface area is 338 Å². The second-order valence-electron chi connectivity index (χ2n) is 20.7. The lowest BCUT2D eigenvalue weighted by molar-refractivity contribution is -0.362. The van der Waals surface area contributed by atoms with E-state index in [1.54, 1.807) is 6.92 Å². The van der Waals surface area contributed by atoms with Crippen molar-refractivity contribution in [1.29, 1.82) is 0 Å². The van der Waals surface area contributed by atoms with Crippen molar-refractivity contribution >= 4 is 10.4 Å². The zero-order valence-electron chi connectivity index (χ0n) is 35.0. The van der Waals surface area contributed by atoms with E-state index in [0.29, 0.717) is 30.1 Å². The predicted octanol–water partition coefficient (Wildman–Crippen LogP) is 3.50. The molecule has 57 heavy (non-hydrogen) atoms. The van der Waals surface area contributed by atoms with E-state index in [2.05, 4.69) is 54.5 Å². The molecule has 7 aliphatic rings. The second-order valence-corrected chi connectivity index (χ2v) is 21.7. The van der Waals surface area contributed by atoms with E-state index in [1.165, 1.54) is 18.4 Å². The van der Waals surface area contributed by atoms with Crippen LogP contribution in [0.2, 0.25) is 0 Å². The minimum absolute atomic E-state index is 0.0955. The molecule has 0 aromatic carbocycles. The Morgan fingerprint density at radius 2 is 1.47 bits per heavy atom. The summed E-state index contributed by atoms with van der Waals surface area (Å²) >= 11 is 0. The summed E-state index contributed by atoms with van der Waals surface area (Å²) in [6.07, 6.45) is -4.59. The Bertz CT molecular complexity index is 1620. The molecular formula is C42H70O14S. The van der Waals surface area contributed by atoms with Crippen molar-refractivity contribution in [1.82, 2.24) is 0 Å².